The lowest BCUT2D eigenvalue weighted by molar-refractivity contribution is -0.131. The van der Waals surface area contributed by atoms with Crippen LogP contribution < -0.4 is 9.47 Å². The van der Waals surface area contributed by atoms with Crippen molar-refractivity contribution in [2.24, 2.45) is 17.3 Å². The summed E-state index contributed by atoms with van der Waals surface area (Å²) in [5.41, 5.74) is 3.95. The van der Waals surface area contributed by atoms with Crippen LogP contribution in [0.5, 0.6) is 11.5 Å². The molecule has 1 N–H and O–H groups in total. The third-order valence-corrected chi connectivity index (χ3v) is 9.67. The highest BCUT2D eigenvalue weighted by Gasteiger charge is 2.57. The SMILES string of the molecule is CC(=O)Oc1ccc2c(c1)CC[C@@H]1[C@@H]2[C@@H](c2ccc(OCCCCCCC#N)cc2)C[C@]2(C)[C@@H](O)CC[C@@H]12. The molecule has 5 rings (SSSR count). The van der Waals surface area contributed by atoms with E-state index in [0.29, 0.717) is 42.4 Å². The summed E-state index contributed by atoms with van der Waals surface area (Å²) in [6.07, 6.45) is 9.63. The summed E-state index contributed by atoms with van der Waals surface area (Å²) < 4.78 is 11.4. The third-order valence-electron chi connectivity index (χ3n) is 9.67. The van der Waals surface area contributed by atoms with E-state index in [4.69, 9.17) is 14.7 Å². The molecule has 0 aromatic heterocycles. The van der Waals surface area contributed by atoms with Crippen molar-refractivity contribution in [1.29, 1.82) is 5.26 Å². The average Bonchev–Trinajstić information content (AvgIpc) is 3.21. The monoisotopic (exact) mass is 515 g/mol. The van der Waals surface area contributed by atoms with Crippen LogP contribution in [0.2, 0.25) is 0 Å². The van der Waals surface area contributed by atoms with Gasteiger partial charge in [-0.05, 0) is 115 Å². The van der Waals surface area contributed by atoms with Crippen LogP contribution in [0, 0.1) is 28.6 Å². The smallest absolute Gasteiger partial charge is 0.308 e. The van der Waals surface area contributed by atoms with Crippen molar-refractivity contribution in [3.8, 4) is 17.6 Å². The molecule has 0 saturated heterocycles. The zero-order chi connectivity index (χ0) is 26.7. The molecule has 5 heteroatoms. The number of carbonyl (C=O) groups excluding carboxylic acids is 1. The van der Waals surface area contributed by atoms with Gasteiger partial charge in [-0.25, -0.2) is 0 Å². The second kappa shape index (κ2) is 11.5. The number of aliphatic hydroxyl groups excluding tert-OH is 1. The van der Waals surface area contributed by atoms with Crippen molar-refractivity contribution >= 4 is 5.97 Å². The Morgan fingerprint density at radius 3 is 2.58 bits per heavy atom. The lowest BCUT2D eigenvalue weighted by Crippen LogP contribution is -2.47. The zero-order valence-electron chi connectivity index (χ0n) is 22.8. The lowest BCUT2D eigenvalue weighted by atomic mass is 9.51. The number of esters is 1. The molecule has 5 nitrogen and oxygen atoms in total. The molecule has 0 radical (unpaired) electrons. The molecular formula is C33H41NO4. The topological polar surface area (TPSA) is 79.5 Å². The van der Waals surface area contributed by atoms with Crippen molar-refractivity contribution < 1.29 is 19.4 Å². The average molecular weight is 516 g/mol. The standard InChI is InChI=1S/C33H41NO4/c1-22(35)38-26-13-15-27-24(20-26)10-14-28-30-16-17-31(36)33(30,2)21-29(32(27)28)23-8-11-25(12-9-23)37-19-7-5-3-4-6-18-34/h8-9,11-13,15,20,28-32,36H,3-7,10,14,16-17,19,21H2,1-2H3/t28-,29+,30-,31-,32+,33-/m0/s1. The summed E-state index contributed by atoms with van der Waals surface area (Å²) in [5.74, 6) is 3.05. The molecule has 0 amide bonds. The van der Waals surface area contributed by atoms with Crippen molar-refractivity contribution in [2.45, 2.75) is 96.0 Å². The van der Waals surface area contributed by atoms with Gasteiger partial charge in [0.05, 0.1) is 18.8 Å². The Hall–Kier alpha value is -2.84. The van der Waals surface area contributed by atoms with Gasteiger partial charge in [0.15, 0.2) is 0 Å². The predicted octanol–water partition coefficient (Wildman–Crippen LogP) is 7.08. The van der Waals surface area contributed by atoms with Gasteiger partial charge in [0, 0.05) is 13.3 Å². The Morgan fingerprint density at radius 1 is 1.05 bits per heavy atom. The second-order valence-electron chi connectivity index (χ2n) is 11.9. The maximum Gasteiger partial charge on any atom is 0.308 e. The van der Waals surface area contributed by atoms with Crippen LogP contribution in [0.15, 0.2) is 42.5 Å². The van der Waals surface area contributed by atoms with Gasteiger partial charge in [-0.15, -0.1) is 0 Å². The highest BCUT2D eigenvalue weighted by Crippen LogP contribution is 2.65. The summed E-state index contributed by atoms with van der Waals surface area (Å²) >= 11 is 0. The highest BCUT2D eigenvalue weighted by molar-refractivity contribution is 5.69. The van der Waals surface area contributed by atoms with E-state index >= 15 is 0 Å². The first-order valence-corrected chi connectivity index (χ1v) is 14.5. The Balaban J connectivity index is 1.36. The number of aliphatic hydroxyl groups is 1. The quantitative estimate of drug-likeness (QED) is 0.219. The molecule has 6 atom stereocenters. The number of hydrogen-bond donors (Lipinski definition) is 1. The van der Waals surface area contributed by atoms with Crippen LogP contribution in [0.25, 0.3) is 0 Å². The molecule has 0 unspecified atom stereocenters. The van der Waals surface area contributed by atoms with Gasteiger partial charge in [0.2, 0.25) is 0 Å². The summed E-state index contributed by atoms with van der Waals surface area (Å²) in [4.78, 5) is 11.5. The summed E-state index contributed by atoms with van der Waals surface area (Å²) in [6, 6.07) is 17.1. The molecule has 2 fully saturated rings. The number of fused-ring (bicyclic) bond motifs is 5. The number of unbranched alkanes of at least 4 members (excludes halogenated alkanes) is 4. The maximum atomic E-state index is 11.5. The summed E-state index contributed by atoms with van der Waals surface area (Å²) in [5, 5.41) is 19.8. The van der Waals surface area contributed by atoms with E-state index in [1.165, 1.54) is 23.6 Å². The number of ether oxygens (including phenoxy) is 2. The molecule has 0 aliphatic heterocycles. The van der Waals surface area contributed by atoms with E-state index < -0.39 is 0 Å². The van der Waals surface area contributed by atoms with Crippen LogP contribution in [-0.4, -0.2) is 23.8 Å². The molecule has 0 heterocycles. The molecule has 0 spiro atoms. The number of nitriles is 1. The molecule has 0 bridgehead atoms. The number of hydrogen-bond acceptors (Lipinski definition) is 5. The first kappa shape index (κ1) is 26.8. The van der Waals surface area contributed by atoms with Crippen LogP contribution >= 0.6 is 0 Å². The minimum atomic E-state index is -0.286. The minimum Gasteiger partial charge on any atom is -0.494 e. The molecule has 38 heavy (non-hydrogen) atoms. The predicted molar refractivity (Wildman–Crippen MR) is 147 cm³/mol. The molecule has 2 aromatic carbocycles. The van der Waals surface area contributed by atoms with E-state index in [0.717, 1.165) is 63.5 Å². The Bertz CT molecular complexity index is 1170. The van der Waals surface area contributed by atoms with E-state index in [1.54, 1.807) is 0 Å². The van der Waals surface area contributed by atoms with Gasteiger partial charge in [-0.3, -0.25) is 4.79 Å². The van der Waals surface area contributed by atoms with Gasteiger partial charge in [0.1, 0.15) is 11.5 Å². The largest absolute Gasteiger partial charge is 0.494 e. The first-order chi connectivity index (χ1) is 18.4. The van der Waals surface area contributed by atoms with Crippen LogP contribution in [-0.2, 0) is 11.2 Å². The fourth-order valence-electron chi connectivity index (χ4n) is 7.87. The van der Waals surface area contributed by atoms with Gasteiger partial charge >= 0.3 is 5.97 Å². The van der Waals surface area contributed by atoms with Gasteiger partial charge in [-0.1, -0.05) is 38.0 Å². The van der Waals surface area contributed by atoms with Gasteiger partial charge < -0.3 is 14.6 Å². The molecule has 3 aliphatic rings. The van der Waals surface area contributed by atoms with Crippen molar-refractivity contribution in [3.05, 3.63) is 59.2 Å². The maximum absolute atomic E-state index is 11.5. The van der Waals surface area contributed by atoms with E-state index in [2.05, 4.69) is 49.4 Å². The zero-order valence-corrected chi connectivity index (χ0v) is 22.8. The normalized spacial score (nSPS) is 29.5. The van der Waals surface area contributed by atoms with Crippen LogP contribution in [0.4, 0.5) is 0 Å². The third kappa shape index (κ3) is 5.34. The van der Waals surface area contributed by atoms with E-state index in [1.807, 2.05) is 6.07 Å². The van der Waals surface area contributed by atoms with Crippen LogP contribution in [0.3, 0.4) is 0 Å². The Kier molecular flexibility index (Phi) is 8.09. The fraction of sp³-hybridized carbons (Fsp3) is 0.576. The number of aryl methyl sites for hydroxylation is 1. The first-order valence-electron chi connectivity index (χ1n) is 14.5. The number of rotatable bonds is 9. The molecule has 3 aliphatic carbocycles. The number of carbonyl (C=O) groups is 1. The van der Waals surface area contributed by atoms with Crippen LogP contribution in [0.1, 0.15) is 100 Å². The number of benzene rings is 2. The Morgan fingerprint density at radius 2 is 1.82 bits per heavy atom. The van der Waals surface area contributed by atoms with E-state index in [9.17, 15) is 9.90 Å². The molecule has 202 valence electrons. The van der Waals surface area contributed by atoms with Gasteiger partial charge in [0.25, 0.3) is 0 Å². The highest BCUT2D eigenvalue weighted by atomic mass is 16.5. The van der Waals surface area contributed by atoms with Crippen molar-refractivity contribution in [1.82, 2.24) is 0 Å². The summed E-state index contributed by atoms with van der Waals surface area (Å²) in [6.45, 7) is 4.47. The van der Waals surface area contributed by atoms with E-state index in [-0.39, 0.29) is 17.5 Å². The lowest BCUT2D eigenvalue weighted by Gasteiger charge is -2.54. The number of nitrogens with zero attached hydrogens (tertiary/aromatic N) is 1. The molecule has 2 saturated carbocycles. The summed E-state index contributed by atoms with van der Waals surface area (Å²) in [7, 11) is 0. The van der Waals surface area contributed by atoms with Crippen molar-refractivity contribution in [3.63, 3.8) is 0 Å². The fourth-order valence-corrected chi connectivity index (χ4v) is 7.87. The van der Waals surface area contributed by atoms with Gasteiger partial charge in [-0.2, -0.15) is 5.26 Å². The van der Waals surface area contributed by atoms with Crippen molar-refractivity contribution in [2.75, 3.05) is 6.61 Å². The molecular weight excluding hydrogens is 474 g/mol. The second-order valence-corrected chi connectivity index (χ2v) is 11.9. The molecule has 2 aromatic rings. The Labute approximate surface area is 227 Å². The minimum absolute atomic E-state index is 0.0538.